The maximum absolute atomic E-state index is 11.8. The molecule has 0 bridgehead atoms. The number of hydrogen-bond acceptors (Lipinski definition) is 5. The number of carbonyl (C=O) groups excluding carboxylic acids is 1. The molecule has 7 heteroatoms. The highest BCUT2D eigenvalue weighted by Crippen LogP contribution is 2.36. The molecule has 0 aliphatic rings. The number of aryl methyl sites for hydroxylation is 1. The van der Waals surface area contributed by atoms with Crippen molar-refractivity contribution in [2.45, 2.75) is 6.42 Å². The summed E-state index contributed by atoms with van der Waals surface area (Å²) in [5.41, 5.74) is 3.97. The van der Waals surface area contributed by atoms with Crippen LogP contribution in [0.4, 0.5) is 0 Å². The summed E-state index contributed by atoms with van der Waals surface area (Å²) in [5, 5.41) is 13.7. The molecule has 2 aromatic rings. The molecule has 0 spiro atoms. The van der Waals surface area contributed by atoms with Gasteiger partial charge in [-0.3, -0.25) is 4.79 Å². The van der Waals surface area contributed by atoms with Gasteiger partial charge in [0.25, 0.3) is 0 Å². The molecule has 1 amide bonds. The molecule has 2 N–H and O–H groups in total. The highest BCUT2D eigenvalue weighted by atomic mass is 16.5. The lowest BCUT2D eigenvalue weighted by Gasteiger charge is -2.09. The van der Waals surface area contributed by atoms with Crippen LogP contribution >= 0.6 is 0 Å². The molecule has 0 fully saturated rings. The Bertz CT molecular complexity index is 697. The van der Waals surface area contributed by atoms with Crippen LogP contribution < -0.4 is 14.9 Å². The van der Waals surface area contributed by atoms with Crippen molar-refractivity contribution in [2.24, 2.45) is 12.1 Å². The second kappa shape index (κ2) is 7.35. The van der Waals surface area contributed by atoms with E-state index in [4.69, 9.17) is 9.47 Å². The Balaban J connectivity index is 2.03. The minimum Gasteiger partial charge on any atom is -0.502 e. The quantitative estimate of drug-likeness (QED) is 0.623. The number of ether oxygens (including phenoxy) is 2. The average Bonchev–Trinajstić information content (AvgIpc) is 2.93. The number of amides is 1. The van der Waals surface area contributed by atoms with Crippen molar-refractivity contribution in [3.63, 3.8) is 0 Å². The van der Waals surface area contributed by atoms with Gasteiger partial charge in [0.2, 0.25) is 11.7 Å². The Kier molecular flexibility index (Phi) is 5.24. The molecule has 7 nitrogen and oxygen atoms in total. The van der Waals surface area contributed by atoms with Crippen molar-refractivity contribution < 1.29 is 19.4 Å². The Morgan fingerprint density at radius 2 is 2.00 bits per heavy atom. The molecule has 0 radical (unpaired) electrons. The van der Waals surface area contributed by atoms with E-state index >= 15 is 0 Å². The topological polar surface area (TPSA) is 85.1 Å². The van der Waals surface area contributed by atoms with Gasteiger partial charge in [0.05, 0.1) is 26.9 Å². The summed E-state index contributed by atoms with van der Waals surface area (Å²) in [7, 11) is 4.76. The van der Waals surface area contributed by atoms with Crippen LogP contribution in [-0.2, 0) is 18.3 Å². The van der Waals surface area contributed by atoms with Gasteiger partial charge in [0.15, 0.2) is 11.5 Å². The molecular weight excluding hydrogens is 298 g/mol. The number of hydrazone groups is 1. The van der Waals surface area contributed by atoms with Gasteiger partial charge in [0.1, 0.15) is 0 Å². The van der Waals surface area contributed by atoms with Crippen LogP contribution in [0.3, 0.4) is 0 Å². The summed E-state index contributed by atoms with van der Waals surface area (Å²) in [6.07, 6.45) is 3.57. The number of nitrogens with one attached hydrogen (secondary N) is 1. The maximum Gasteiger partial charge on any atom is 0.245 e. The summed E-state index contributed by atoms with van der Waals surface area (Å²) in [6.45, 7) is 0. The molecule has 0 saturated carbocycles. The number of aromatic nitrogens is 1. The lowest BCUT2D eigenvalue weighted by Crippen LogP contribution is -2.20. The fraction of sp³-hybridized carbons (Fsp3) is 0.250. The molecule has 2 rings (SSSR count). The van der Waals surface area contributed by atoms with Crippen LogP contribution in [0, 0.1) is 0 Å². The summed E-state index contributed by atoms with van der Waals surface area (Å²) >= 11 is 0. The normalized spacial score (nSPS) is 10.7. The highest BCUT2D eigenvalue weighted by molar-refractivity contribution is 5.84. The van der Waals surface area contributed by atoms with Crippen LogP contribution in [0.1, 0.15) is 11.3 Å². The molecule has 0 atom stereocenters. The predicted molar refractivity (Wildman–Crippen MR) is 86.1 cm³/mol. The molecule has 0 aliphatic heterocycles. The van der Waals surface area contributed by atoms with E-state index in [9.17, 15) is 9.90 Å². The smallest absolute Gasteiger partial charge is 0.245 e. The second-order valence-corrected chi connectivity index (χ2v) is 4.85. The van der Waals surface area contributed by atoms with Crippen molar-refractivity contribution in [1.29, 1.82) is 0 Å². The molecule has 1 aromatic carbocycles. The van der Waals surface area contributed by atoms with E-state index in [-0.39, 0.29) is 29.6 Å². The fourth-order valence-electron chi connectivity index (χ4n) is 2.05. The van der Waals surface area contributed by atoms with Gasteiger partial charge in [0, 0.05) is 24.5 Å². The lowest BCUT2D eigenvalue weighted by atomic mass is 10.2. The minimum absolute atomic E-state index is 0.0834. The summed E-state index contributed by atoms with van der Waals surface area (Å²) < 4.78 is 12.0. The summed E-state index contributed by atoms with van der Waals surface area (Å²) in [6, 6.07) is 6.93. The number of hydrogen-bond donors (Lipinski definition) is 2. The summed E-state index contributed by atoms with van der Waals surface area (Å²) in [5.74, 6) is 0.225. The van der Waals surface area contributed by atoms with Gasteiger partial charge in [-0.15, -0.1) is 0 Å². The van der Waals surface area contributed by atoms with Gasteiger partial charge in [-0.2, -0.15) is 5.10 Å². The average molecular weight is 317 g/mol. The highest BCUT2D eigenvalue weighted by Gasteiger charge is 2.10. The number of methoxy groups -OCH3 is 2. The first-order valence-corrected chi connectivity index (χ1v) is 6.92. The van der Waals surface area contributed by atoms with Crippen LogP contribution in [0.15, 0.2) is 35.6 Å². The molecule has 1 heterocycles. The number of phenols is 1. The number of aromatic hydroxyl groups is 1. The lowest BCUT2D eigenvalue weighted by molar-refractivity contribution is -0.120. The first-order valence-electron chi connectivity index (χ1n) is 6.92. The SMILES string of the molecule is COc1cc(C=NNC(=O)Cc2cccn2C)cc(OC)c1O. The van der Waals surface area contributed by atoms with E-state index in [0.29, 0.717) is 5.56 Å². The largest absolute Gasteiger partial charge is 0.502 e. The van der Waals surface area contributed by atoms with Gasteiger partial charge < -0.3 is 19.1 Å². The van der Waals surface area contributed by atoms with Crippen LogP contribution in [0.5, 0.6) is 17.2 Å². The summed E-state index contributed by atoms with van der Waals surface area (Å²) in [4.78, 5) is 11.8. The van der Waals surface area contributed by atoms with E-state index in [2.05, 4.69) is 10.5 Å². The Morgan fingerprint density at radius 3 is 2.52 bits per heavy atom. The standard InChI is InChI=1S/C16H19N3O4/c1-19-6-4-5-12(19)9-15(20)18-17-10-11-7-13(22-2)16(21)14(8-11)23-3/h4-8,10,21H,9H2,1-3H3,(H,18,20). The zero-order chi connectivity index (χ0) is 16.8. The van der Waals surface area contributed by atoms with Crippen LogP contribution in [0.2, 0.25) is 0 Å². The van der Waals surface area contributed by atoms with Crippen molar-refractivity contribution in [1.82, 2.24) is 9.99 Å². The Hall–Kier alpha value is -2.96. The Labute approximate surface area is 134 Å². The molecule has 0 saturated heterocycles. The van der Waals surface area contributed by atoms with E-state index in [1.165, 1.54) is 20.4 Å². The van der Waals surface area contributed by atoms with Crippen molar-refractivity contribution in [3.05, 3.63) is 41.7 Å². The number of rotatable bonds is 6. The van der Waals surface area contributed by atoms with E-state index in [1.807, 2.05) is 29.9 Å². The van der Waals surface area contributed by atoms with Gasteiger partial charge in [-0.1, -0.05) is 0 Å². The third kappa shape index (κ3) is 4.03. The molecule has 23 heavy (non-hydrogen) atoms. The first-order chi connectivity index (χ1) is 11.0. The number of carbonyl (C=O) groups is 1. The third-order valence-electron chi connectivity index (χ3n) is 3.30. The number of nitrogens with zero attached hydrogens (tertiary/aromatic N) is 2. The van der Waals surface area contributed by atoms with E-state index in [1.54, 1.807) is 12.1 Å². The molecular formula is C16H19N3O4. The molecule has 0 unspecified atom stereocenters. The predicted octanol–water partition coefficient (Wildman–Crippen LogP) is 1.44. The fourth-order valence-corrected chi connectivity index (χ4v) is 2.05. The molecule has 122 valence electrons. The van der Waals surface area contributed by atoms with Crippen molar-refractivity contribution >= 4 is 12.1 Å². The van der Waals surface area contributed by atoms with Crippen molar-refractivity contribution in [3.8, 4) is 17.2 Å². The van der Waals surface area contributed by atoms with E-state index < -0.39 is 0 Å². The van der Waals surface area contributed by atoms with Gasteiger partial charge >= 0.3 is 0 Å². The van der Waals surface area contributed by atoms with Crippen molar-refractivity contribution in [2.75, 3.05) is 14.2 Å². The van der Waals surface area contributed by atoms with Gasteiger partial charge in [-0.25, -0.2) is 5.43 Å². The monoisotopic (exact) mass is 317 g/mol. The minimum atomic E-state index is -0.222. The first kappa shape index (κ1) is 16.4. The second-order valence-electron chi connectivity index (χ2n) is 4.85. The molecule has 0 aliphatic carbocycles. The van der Waals surface area contributed by atoms with E-state index in [0.717, 1.165) is 5.69 Å². The zero-order valence-corrected chi connectivity index (χ0v) is 13.2. The third-order valence-corrected chi connectivity index (χ3v) is 3.30. The zero-order valence-electron chi connectivity index (χ0n) is 13.2. The number of benzene rings is 1. The maximum atomic E-state index is 11.8. The van der Waals surface area contributed by atoms with Crippen LogP contribution in [0.25, 0.3) is 0 Å². The number of phenolic OH excluding ortho intramolecular Hbond substituents is 1. The molecule has 1 aromatic heterocycles. The van der Waals surface area contributed by atoms with Gasteiger partial charge in [-0.05, 0) is 24.3 Å². The Morgan fingerprint density at radius 1 is 1.35 bits per heavy atom. The van der Waals surface area contributed by atoms with Crippen LogP contribution in [-0.4, -0.2) is 36.0 Å².